The molecule has 1 nitrogen and oxygen atoms in total. The molecule has 0 N–H and O–H groups in total. The molecule has 0 amide bonds. The van der Waals surface area contributed by atoms with Crippen LogP contribution in [0.5, 0.6) is 0 Å². The highest BCUT2D eigenvalue weighted by molar-refractivity contribution is 6.69. The van der Waals surface area contributed by atoms with Crippen molar-refractivity contribution in [3.63, 3.8) is 0 Å². The predicted octanol–water partition coefficient (Wildman–Crippen LogP) is 6.15. The lowest BCUT2D eigenvalue weighted by molar-refractivity contribution is 0.199. The average Bonchev–Trinajstić information content (AvgIpc) is 2.24. The Balaban J connectivity index is 3.20. The van der Waals surface area contributed by atoms with E-state index in [1.165, 1.54) is 64.2 Å². The third kappa shape index (κ3) is 14.2. The molecule has 0 rings (SSSR count). The van der Waals surface area contributed by atoms with Gasteiger partial charge in [-0.15, -0.1) is 0 Å². The first kappa shape index (κ1) is 18.2. The maximum Gasteiger partial charge on any atom is 0.184 e. The summed E-state index contributed by atoms with van der Waals surface area (Å²) < 4.78 is 6.05. The molecule has 2 heteroatoms. The van der Waals surface area contributed by atoms with Crippen LogP contribution < -0.4 is 0 Å². The third-order valence-corrected chi connectivity index (χ3v) is 4.38. The summed E-state index contributed by atoms with van der Waals surface area (Å²) in [6.07, 6.45) is 14.4. The van der Waals surface area contributed by atoms with Gasteiger partial charge < -0.3 is 4.43 Å². The van der Waals surface area contributed by atoms with E-state index in [4.69, 9.17) is 4.43 Å². The Morgan fingerprint density at radius 1 is 0.778 bits per heavy atom. The molecule has 0 aliphatic heterocycles. The van der Waals surface area contributed by atoms with Gasteiger partial charge in [0, 0.05) is 6.10 Å². The van der Waals surface area contributed by atoms with Gasteiger partial charge in [-0.2, -0.15) is 0 Å². The van der Waals surface area contributed by atoms with Gasteiger partial charge in [-0.1, -0.05) is 64.7 Å². The first-order valence-electron chi connectivity index (χ1n) is 8.13. The smallest absolute Gasteiger partial charge is 0.184 e. The van der Waals surface area contributed by atoms with Crippen LogP contribution in [0.25, 0.3) is 0 Å². The molecule has 0 spiro atoms. The van der Waals surface area contributed by atoms with E-state index in [-0.39, 0.29) is 0 Å². The highest BCUT2D eigenvalue weighted by atomic mass is 28.4. The summed E-state index contributed by atoms with van der Waals surface area (Å²) in [7, 11) is -1.31. The fourth-order valence-electron chi connectivity index (χ4n) is 2.40. The van der Waals surface area contributed by atoms with Crippen molar-refractivity contribution >= 4 is 8.32 Å². The Hall–Kier alpha value is 0.177. The highest BCUT2D eigenvalue weighted by Crippen LogP contribution is 2.14. The molecule has 0 aliphatic rings. The second kappa shape index (κ2) is 11.0. The molecule has 1 atom stereocenters. The maximum atomic E-state index is 6.05. The van der Waals surface area contributed by atoms with Crippen LogP contribution in [-0.2, 0) is 4.43 Å². The van der Waals surface area contributed by atoms with E-state index in [1.54, 1.807) is 0 Å². The van der Waals surface area contributed by atoms with E-state index in [0.717, 1.165) is 0 Å². The van der Waals surface area contributed by atoms with Crippen molar-refractivity contribution in [2.45, 2.75) is 104 Å². The lowest BCUT2D eigenvalue weighted by atomic mass is 10.1. The zero-order valence-corrected chi connectivity index (χ0v) is 14.6. The number of hydrogen-bond donors (Lipinski definition) is 0. The van der Waals surface area contributed by atoms with Gasteiger partial charge in [-0.05, 0) is 33.0 Å². The highest BCUT2D eigenvalue weighted by Gasteiger charge is 2.17. The SMILES string of the molecule is CCCCCCCCCCCC(C)O[Si](C)(C)C. The standard InChI is InChI=1S/C16H36OSi/c1-6-7-8-9-10-11-12-13-14-15-16(2)17-18(3,4)5/h16H,6-15H2,1-5H3. The van der Waals surface area contributed by atoms with Crippen LogP contribution >= 0.6 is 0 Å². The summed E-state index contributed by atoms with van der Waals surface area (Å²) in [6, 6.07) is 0. The van der Waals surface area contributed by atoms with Gasteiger partial charge in [0.2, 0.25) is 0 Å². The van der Waals surface area contributed by atoms with Crippen LogP contribution in [0.2, 0.25) is 19.6 Å². The van der Waals surface area contributed by atoms with Gasteiger partial charge in [0.15, 0.2) is 8.32 Å². The van der Waals surface area contributed by atoms with Gasteiger partial charge >= 0.3 is 0 Å². The molecule has 0 aromatic rings. The molecule has 110 valence electrons. The molecule has 1 unspecified atom stereocenters. The summed E-state index contributed by atoms with van der Waals surface area (Å²) in [5, 5.41) is 0. The largest absolute Gasteiger partial charge is 0.415 e. The monoisotopic (exact) mass is 272 g/mol. The van der Waals surface area contributed by atoms with Crippen molar-refractivity contribution in [3.05, 3.63) is 0 Å². The molecular weight excluding hydrogens is 236 g/mol. The van der Waals surface area contributed by atoms with E-state index in [0.29, 0.717) is 6.10 Å². The van der Waals surface area contributed by atoms with Crippen LogP contribution in [0.3, 0.4) is 0 Å². The van der Waals surface area contributed by atoms with Crippen LogP contribution in [-0.4, -0.2) is 14.4 Å². The summed E-state index contributed by atoms with van der Waals surface area (Å²) in [4.78, 5) is 0. The fourth-order valence-corrected chi connectivity index (χ4v) is 3.73. The van der Waals surface area contributed by atoms with Crippen molar-refractivity contribution in [1.82, 2.24) is 0 Å². The average molecular weight is 273 g/mol. The summed E-state index contributed by atoms with van der Waals surface area (Å²) in [6.45, 7) is 11.4. The molecular formula is C16H36OSi. The second-order valence-electron chi connectivity index (χ2n) is 6.66. The number of rotatable bonds is 12. The predicted molar refractivity (Wildman–Crippen MR) is 85.7 cm³/mol. The lowest BCUT2D eigenvalue weighted by Gasteiger charge is -2.23. The Bertz CT molecular complexity index is 174. The Morgan fingerprint density at radius 3 is 1.67 bits per heavy atom. The van der Waals surface area contributed by atoms with E-state index in [9.17, 15) is 0 Å². The van der Waals surface area contributed by atoms with Crippen LogP contribution in [0.1, 0.15) is 78.1 Å². The molecule has 0 fully saturated rings. The Morgan fingerprint density at radius 2 is 1.22 bits per heavy atom. The normalized spacial score (nSPS) is 13.8. The number of unbranched alkanes of at least 4 members (excludes halogenated alkanes) is 8. The minimum atomic E-state index is -1.31. The zero-order chi connectivity index (χ0) is 13.9. The molecule has 0 saturated carbocycles. The molecule has 0 saturated heterocycles. The van der Waals surface area contributed by atoms with Crippen molar-refractivity contribution in [3.8, 4) is 0 Å². The Labute approximate surface area is 117 Å². The molecule has 0 aromatic heterocycles. The zero-order valence-electron chi connectivity index (χ0n) is 13.6. The molecule has 0 heterocycles. The maximum absolute atomic E-state index is 6.05. The van der Waals surface area contributed by atoms with Gasteiger partial charge in [-0.25, -0.2) is 0 Å². The van der Waals surface area contributed by atoms with Crippen LogP contribution in [0, 0.1) is 0 Å². The summed E-state index contributed by atoms with van der Waals surface area (Å²) in [5.41, 5.74) is 0. The van der Waals surface area contributed by atoms with Gasteiger partial charge in [0.1, 0.15) is 0 Å². The summed E-state index contributed by atoms with van der Waals surface area (Å²) in [5.74, 6) is 0. The first-order valence-corrected chi connectivity index (χ1v) is 11.5. The fraction of sp³-hybridized carbons (Fsp3) is 1.00. The topological polar surface area (TPSA) is 9.23 Å². The molecule has 18 heavy (non-hydrogen) atoms. The van der Waals surface area contributed by atoms with Crippen LogP contribution in [0.4, 0.5) is 0 Å². The van der Waals surface area contributed by atoms with E-state index < -0.39 is 8.32 Å². The van der Waals surface area contributed by atoms with Crippen LogP contribution in [0.15, 0.2) is 0 Å². The number of hydrogen-bond acceptors (Lipinski definition) is 1. The lowest BCUT2D eigenvalue weighted by Crippen LogP contribution is -2.30. The quantitative estimate of drug-likeness (QED) is 0.306. The van der Waals surface area contributed by atoms with E-state index in [2.05, 4.69) is 33.5 Å². The van der Waals surface area contributed by atoms with Crippen molar-refractivity contribution in [2.24, 2.45) is 0 Å². The second-order valence-corrected chi connectivity index (χ2v) is 11.1. The molecule has 0 bridgehead atoms. The minimum Gasteiger partial charge on any atom is -0.415 e. The first-order chi connectivity index (χ1) is 8.45. The van der Waals surface area contributed by atoms with Gasteiger partial charge in [-0.3, -0.25) is 0 Å². The van der Waals surface area contributed by atoms with E-state index in [1.807, 2.05) is 0 Å². The Kier molecular flexibility index (Phi) is 11.1. The minimum absolute atomic E-state index is 0.473. The third-order valence-electron chi connectivity index (χ3n) is 3.27. The summed E-state index contributed by atoms with van der Waals surface area (Å²) >= 11 is 0. The van der Waals surface area contributed by atoms with Crippen molar-refractivity contribution in [1.29, 1.82) is 0 Å². The molecule has 0 radical (unpaired) electrons. The van der Waals surface area contributed by atoms with Crippen molar-refractivity contribution in [2.75, 3.05) is 0 Å². The van der Waals surface area contributed by atoms with Crippen molar-refractivity contribution < 1.29 is 4.43 Å². The van der Waals surface area contributed by atoms with Gasteiger partial charge in [0.25, 0.3) is 0 Å². The van der Waals surface area contributed by atoms with Gasteiger partial charge in [0.05, 0.1) is 0 Å². The molecule has 0 aromatic carbocycles. The van der Waals surface area contributed by atoms with E-state index >= 15 is 0 Å². The molecule has 0 aliphatic carbocycles.